The number of carbonyl (C=O) groups excluding carboxylic acids is 1. The maximum absolute atomic E-state index is 15.1. The first-order chi connectivity index (χ1) is 12.3. The Kier molecular flexibility index (Phi) is 6.01. The molecule has 0 N–H and O–H groups in total. The predicted molar refractivity (Wildman–Crippen MR) is 98.0 cm³/mol. The fourth-order valence-electron chi connectivity index (χ4n) is 3.39. The molecule has 2 aliphatic rings. The number of rotatable bonds is 3. The number of hydrogen-bond donors (Lipinski definition) is 0. The molecule has 2 fully saturated rings. The molecule has 0 aliphatic carbocycles. The van der Waals surface area contributed by atoms with Crippen LogP contribution in [0.15, 0.2) is 21.5 Å². The van der Waals surface area contributed by atoms with E-state index >= 15 is 4.39 Å². The largest absolute Gasteiger partial charge is 0.379 e. The van der Waals surface area contributed by atoms with E-state index in [2.05, 4.69) is 15.9 Å². The predicted octanol–water partition coefficient (Wildman–Crippen LogP) is 2.62. The third-order valence-electron chi connectivity index (χ3n) is 4.89. The molecule has 1 aromatic carbocycles. The highest BCUT2D eigenvalue weighted by Gasteiger charge is 2.33. The van der Waals surface area contributed by atoms with Crippen molar-refractivity contribution in [1.29, 1.82) is 0 Å². The third-order valence-corrected chi connectivity index (χ3v) is 7.24. The van der Waals surface area contributed by atoms with Crippen LogP contribution in [0.1, 0.15) is 36.5 Å². The highest BCUT2D eigenvalue weighted by atomic mass is 79.9. The number of ether oxygens (including phenoxy) is 1. The molecule has 144 valence electrons. The molecule has 2 saturated heterocycles. The first-order valence-electron chi connectivity index (χ1n) is 8.70. The molecule has 0 radical (unpaired) electrons. The summed E-state index contributed by atoms with van der Waals surface area (Å²) in [6.45, 7) is 3.36. The average molecular weight is 449 g/mol. The second-order valence-corrected chi connectivity index (χ2v) is 9.45. The minimum absolute atomic E-state index is 0.00827. The number of nitrogens with zero attached hydrogens (tertiary/aromatic N) is 2. The Morgan fingerprint density at radius 3 is 2.58 bits per heavy atom. The highest BCUT2D eigenvalue weighted by molar-refractivity contribution is 9.10. The Hall–Kier alpha value is -1.03. The lowest BCUT2D eigenvalue weighted by Crippen LogP contribution is -2.43. The molecule has 0 unspecified atom stereocenters. The van der Waals surface area contributed by atoms with Gasteiger partial charge in [-0.15, -0.1) is 0 Å². The Labute approximate surface area is 161 Å². The zero-order valence-electron chi connectivity index (χ0n) is 14.6. The van der Waals surface area contributed by atoms with Gasteiger partial charge in [-0.1, -0.05) is 15.9 Å². The molecule has 3 rings (SSSR count). The van der Waals surface area contributed by atoms with Gasteiger partial charge in [0.15, 0.2) is 5.82 Å². The molecule has 0 aromatic heterocycles. The molecule has 9 heteroatoms. The summed E-state index contributed by atoms with van der Waals surface area (Å²) < 4.78 is 47.6. The van der Waals surface area contributed by atoms with Crippen LogP contribution in [-0.2, 0) is 14.8 Å². The molecule has 26 heavy (non-hydrogen) atoms. The molecule has 1 aromatic rings. The quantitative estimate of drug-likeness (QED) is 0.712. The van der Waals surface area contributed by atoms with E-state index in [-0.39, 0.29) is 37.9 Å². The monoisotopic (exact) mass is 448 g/mol. The molecule has 1 amide bonds. The topological polar surface area (TPSA) is 66.9 Å². The Morgan fingerprint density at radius 2 is 1.92 bits per heavy atom. The smallest absolute Gasteiger partial charge is 0.257 e. The molecular weight excluding hydrogens is 427 g/mol. The molecular formula is C17H22BrFN2O4S. The minimum atomic E-state index is -4.04. The van der Waals surface area contributed by atoms with Gasteiger partial charge < -0.3 is 9.64 Å². The van der Waals surface area contributed by atoms with Crippen LogP contribution in [0.4, 0.5) is 4.39 Å². The third kappa shape index (κ3) is 3.81. The van der Waals surface area contributed by atoms with Gasteiger partial charge in [0.25, 0.3) is 5.91 Å². The van der Waals surface area contributed by atoms with E-state index < -0.39 is 26.6 Å². The fraction of sp³-hybridized carbons (Fsp3) is 0.588. The number of likely N-dealkylation sites (tertiary alicyclic amines) is 1. The normalized spacial score (nSPS) is 22.4. The second-order valence-electron chi connectivity index (χ2n) is 6.63. The fourth-order valence-corrected chi connectivity index (χ4v) is 5.52. The van der Waals surface area contributed by atoms with E-state index in [0.717, 1.165) is 19.3 Å². The Bertz CT molecular complexity index is 796. The van der Waals surface area contributed by atoms with E-state index in [1.54, 1.807) is 4.90 Å². The molecule has 0 bridgehead atoms. The summed E-state index contributed by atoms with van der Waals surface area (Å²) in [7, 11) is -4.04. The van der Waals surface area contributed by atoms with Crippen LogP contribution in [-0.4, -0.2) is 62.4 Å². The first kappa shape index (κ1) is 19.7. The van der Waals surface area contributed by atoms with Crippen LogP contribution in [0.5, 0.6) is 0 Å². The van der Waals surface area contributed by atoms with Gasteiger partial charge in [0, 0.05) is 30.1 Å². The second kappa shape index (κ2) is 7.92. The minimum Gasteiger partial charge on any atom is -0.379 e. The summed E-state index contributed by atoms with van der Waals surface area (Å²) in [4.78, 5) is 14.0. The van der Waals surface area contributed by atoms with E-state index in [4.69, 9.17) is 4.74 Å². The molecule has 6 nitrogen and oxygen atoms in total. The summed E-state index contributed by atoms with van der Waals surface area (Å²) in [5, 5.41) is 0. The molecule has 0 spiro atoms. The van der Waals surface area contributed by atoms with Gasteiger partial charge in [-0.2, -0.15) is 4.31 Å². The van der Waals surface area contributed by atoms with Gasteiger partial charge in [-0.05, 0) is 38.3 Å². The van der Waals surface area contributed by atoms with Gasteiger partial charge >= 0.3 is 0 Å². The van der Waals surface area contributed by atoms with E-state index in [9.17, 15) is 13.2 Å². The molecule has 1 atom stereocenters. The van der Waals surface area contributed by atoms with Gasteiger partial charge in [-0.25, -0.2) is 12.8 Å². The maximum Gasteiger partial charge on any atom is 0.257 e. The zero-order valence-corrected chi connectivity index (χ0v) is 17.0. The summed E-state index contributed by atoms with van der Waals surface area (Å²) in [6.07, 6.45) is 2.76. The summed E-state index contributed by atoms with van der Waals surface area (Å²) in [5.74, 6) is -1.45. The number of hydrogen-bond acceptors (Lipinski definition) is 4. The highest BCUT2D eigenvalue weighted by Crippen LogP contribution is 2.29. The number of carbonyl (C=O) groups is 1. The maximum atomic E-state index is 15.1. The van der Waals surface area contributed by atoms with Crippen molar-refractivity contribution in [2.45, 2.75) is 37.1 Å². The van der Waals surface area contributed by atoms with Gasteiger partial charge in [0.2, 0.25) is 10.0 Å². The lowest BCUT2D eigenvalue weighted by molar-refractivity contribution is 0.0629. The van der Waals surface area contributed by atoms with Gasteiger partial charge in [0.05, 0.1) is 18.8 Å². The number of piperidine rings is 1. The average Bonchev–Trinajstić information content (AvgIpc) is 2.64. The van der Waals surface area contributed by atoms with Crippen molar-refractivity contribution in [3.8, 4) is 0 Å². The number of benzene rings is 1. The van der Waals surface area contributed by atoms with Gasteiger partial charge in [-0.3, -0.25) is 4.79 Å². The zero-order chi connectivity index (χ0) is 18.9. The van der Waals surface area contributed by atoms with Crippen LogP contribution in [0.2, 0.25) is 0 Å². The van der Waals surface area contributed by atoms with E-state index in [0.29, 0.717) is 11.0 Å². The van der Waals surface area contributed by atoms with Crippen LogP contribution in [0, 0.1) is 5.82 Å². The van der Waals surface area contributed by atoms with Gasteiger partial charge in [0.1, 0.15) is 4.90 Å². The van der Waals surface area contributed by atoms with Crippen LogP contribution in [0.3, 0.4) is 0 Å². The molecule has 0 saturated carbocycles. The number of halogens is 2. The van der Waals surface area contributed by atoms with E-state index in [1.807, 2.05) is 6.92 Å². The van der Waals surface area contributed by atoms with Crippen molar-refractivity contribution in [2.24, 2.45) is 0 Å². The SMILES string of the molecule is C[C@H]1CCCCN1C(=O)c1cc(Br)cc(S(=O)(=O)N2CCOCC2)c1F. The standard InChI is InChI=1S/C17H22BrFN2O4S/c1-12-4-2-3-5-21(12)17(22)14-10-13(18)11-15(16(14)19)26(23,24)20-6-8-25-9-7-20/h10-12H,2-9H2,1H3/t12-/m0/s1. The lowest BCUT2D eigenvalue weighted by atomic mass is 10.0. The number of sulfonamides is 1. The first-order valence-corrected chi connectivity index (χ1v) is 10.9. The summed E-state index contributed by atoms with van der Waals surface area (Å²) >= 11 is 3.23. The van der Waals surface area contributed by atoms with Crippen LogP contribution >= 0.6 is 15.9 Å². The van der Waals surface area contributed by atoms with E-state index in [1.165, 1.54) is 16.4 Å². The van der Waals surface area contributed by atoms with Crippen molar-refractivity contribution in [1.82, 2.24) is 9.21 Å². The van der Waals surface area contributed by atoms with Crippen molar-refractivity contribution in [3.05, 3.63) is 28.0 Å². The number of amides is 1. The molecule has 2 aliphatic heterocycles. The van der Waals surface area contributed by atoms with Crippen molar-refractivity contribution in [3.63, 3.8) is 0 Å². The van der Waals surface area contributed by atoms with Crippen molar-refractivity contribution in [2.75, 3.05) is 32.8 Å². The lowest BCUT2D eigenvalue weighted by Gasteiger charge is -2.33. The molecule has 2 heterocycles. The Balaban J connectivity index is 1.99. The summed E-state index contributed by atoms with van der Waals surface area (Å²) in [6, 6.07) is 2.59. The van der Waals surface area contributed by atoms with Crippen LogP contribution < -0.4 is 0 Å². The van der Waals surface area contributed by atoms with Crippen molar-refractivity contribution >= 4 is 31.9 Å². The van der Waals surface area contributed by atoms with Crippen molar-refractivity contribution < 1.29 is 22.3 Å². The Morgan fingerprint density at radius 1 is 1.23 bits per heavy atom. The summed E-state index contributed by atoms with van der Waals surface area (Å²) in [5.41, 5.74) is -0.208. The number of morpholine rings is 1. The van der Waals surface area contributed by atoms with Crippen LogP contribution in [0.25, 0.3) is 0 Å².